The number of para-hydroxylation sites is 1. The molecule has 1 aromatic heterocycles. The van der Waals surface area contributed by atoms with Crippen LogP contribution in [0.25, 0.3) is 11.1 Å². The molecular formula is C25H26N2O. The standard InChI is InChI=1S/C25H26N2O/c1-2-3-6-14-27-17-25(21-9-4-5-10-23(21)27)18-28-24-15-19(11-12-22(24)25)20-8-7-13-26-16-20/h4-5,7-13,15-16H,2-3,6,14,17-18H2,1H3. The largest absolute Gasteiger partial charge is 0.492 e. The summed E-state index contributed by atoms with van der Waals surface area (Å²) in [6, 6.07) is 19.6. The second kappa shape index (κ2) is 6.97. The van der Waals surface area contributed by atoms with Crippen LogP contribution in [0.5, 0.6) is 5.75 Å². The number of aromatic nitrogens is 1. The van der Waals surface area contributed by atoms with E-state index < -0.39 is 0 Å². The molecule has 2 aliphatic rings. The first kappa shape index (κ1) is 17.3. The average molecular weight is 370 g/mol. The van der Waals surface area contributed by atoms with E-state index in [2.05, 4.69) is 65.3 Å². The fourth-order valence-electron chi connectivity index (χ4n) is 4.78. The minimum absolute atomic E-state index is 0.0500. The van der Waals surface area contributed by atoms with Crippen molar-refractivity contribution >= 4 is 5.69 Å². The first-order chi connectivity index (χ1) is 13.8. The normalized spacial score (nSPS) is 19.5. The van der Waals surface area contributed by atoms with E-state index in [-0.39, 0.29) is 5.41 Å². The molecule has 5 rings (SSSR count). The van der Waals surface area contributed by atoms with Gasteiger partial charge in [0.15, 0.2) is 0 Å². The molecule has 3 nitrogen and oxygen atoms in total. The number of hydrogen-bond donors (Lipinski definition) is 0. The SMILES string of the molecule is CCCCCN1CC2(COc3cc(-c4cccnc4)ccc32)c2ccccc21. The Morgan fingerprint density at radius 2 is 1.93 bits per heavy atom. The molecule has 0 aliphatic carbocycles. The van der Waals surface area contributed by atoms with Crippen molar-refractivity contribution in [3.63, 3.8) is 0 Å². The predicted octanol–water partition coefficient (Wildman–Crippen LogP) is 5.44. The molecule has 1 atom stereocenters. The van der Waals surface area contributed by atoms with Crippen LogP contribution in [0.2, 0.25) is 0 Å². The van der Waals surface area contributed by atoms with Gasteiger partial charge in [0.2, 0.25) is 0 Å². The van der Waals surface area contributed by atoms with E-state index in [0.717, 1.165) is 36.6 Å². The minimum atomic E-state index is -0.0500. The lowest BCUT2D eigenvalue weighted by Gasteiger charge is -2.25. The third-order valence-corrected chi connectivity index (χ3v) is 6.22. The molecule has 1 unspecified atom stereocenters. The number of rotatable bonds is 5. The van der Waals surface area contributed by atoms with E-state index in [4.69, 9.17) is 4.74 Å². The minimum Gasteiger partial charge on any atom is -0.492 e. The summed E-state index contributed by atoms with van der Waals surface area (Å²) in [7, 11) is 0. The van der Waals surface area contributed by atoms with Crippen molar-refractivity contribution in [2.45, 2.75) is 31.6 Å². The van der Waals surface area contributed by atoms with Crippen LogP contribution in [-0.4, -0.2) is 24.7 Å². The fraction of sp³-hybridized carbons (Fsp3) is 0.320. The summed E-state index contributed by atoms with van der Waals surface area (Å²) in [6.45, 7) is 5.12. The molecule has 0 bridgehead atoms. The zero-order valence-electron chi connectivity index (χ0n) is 16.4. The lowest BCUT2D eigenvalue weighted by Crippen LogP contribution is -2.36. The summed E-state index contributed by atoms with van der Waals surface area (Å²) in [5.41, 5.74) is 6.36. The second-order valence-corrected chi connectivity index (χ2v) is 7.97. The number of anilines is 1. The molecule has 0 N–H and O–H groups in total. The highest BCUT2D eigenvalue weighted by atomic mass is 16.5. The molecule has 0 fully saturated rings. The Balaban J connectivity index is 1.53. The molecule has 1 spiro atoms. The van der Waals surface area contributed by atoms with Gasteiger partial charge < -0.3 is 9.64 Å². The van der Waals surface area contributed by atoms with Gasteiger partial charge in [-0.3, -0.25) is 4.98 Å². The smallest absolute Gasteiger partial charge is 0.124 e. The Morgan fingerprint density at radius 1 is 1.00 bits per heavy atom. The van der Waals surface area contributed by atoms with Gasteiger partial charge in [0.25, 0.3) is 0 Å². The highest BCUT2D eigenvalue weighted by Crippen LogP contribution is 2.52. The van der Waals surface area contributed by atoms with Gasteiger partial charge in [-0.2, -0.15) is 0 Å². The molecule has 0 radical (unpaired) electrons. The maximum atomic E-state index is 6.28. The van der Waals surface area contributed by atoms with E-state index in [1.54, 1.807) is 0 Å². The topological polar surface area (TPSA) is 25.4 Å². The predicted molar refractivity (Wildman–Crippen MR) is 114 cm³/mol. The van der Waals surface area contributed by atoms with Crippen LogP contribution >= 0.6 is 0 Å². The fourth-order valence-corrected chi connectivity index (χ4v) is 4.78. The van der Waals surface area contributed by atoms with Crippen molar-refractivity contribution in [2.75, 3.05) is 24.6 Å². The number of hydrogen-bond acceptors (Lipinski definition) is 3. The van der Waals surface area contributed by atoms with Crippen LogP contribution in [-0.2, 0) is 5.41 Å². The number of ether oxygens (including phenoxy) is 1. The summed E-state index contributed by atoms with van der Waals surface area (Å²) < 4.78 is 6.28. The number of pyridine rings is 1. The maximum absolute atomic E-state index is 6.28. The van der Waals surface area contributed by atoms with Crippen LogP contribution < -0.4 is 9.64 Å². The molecular weight excluding hydrogens is 344 g/mol. The highest BCUT2D eigenvalue weighted by Gasteiger charge is 2.49. The van der Waals surface area contributed by atoms with Crippen molar-refractivity contribution in [3.8, 4) is 16.9 Å². The van der Waals surface area contributed by atoms with Gasteiger partial charge in [-0.15, -0.1) is 0 Å². The van der Waals surface area contributed by atoms with Crippen molar-refractivity contribution in [1.29, 1.82) is 0 Å². The molecule has 142 valence electrons. The zero-order valence-corrected chi connectivity index (χ0v) is 16.4. The number of benzene rings is 2. The molecule has 28 heavy (non-hydrogen) atoms. The molecule has 3 heterocycles. The van der Waals surface area contributed by atoms with Crippen molar-refractivity contribution in [1.82, 2.24) is 4.98 Å². The van der Waals surface area contributed by atoms with Gasteiger partial charge in [0, 0.05) is 42.3 Å². The highest BCUT2D eigenvalue weighted by molar-refractivity contribution is 5.72. The van der Waals surface area contributed by atoms with E-state index >= 15 is 0 Å². The van der Waals surface area contributed by atoms with Crippen molar-refractivity contribution < 1.29 is 4.74 Å². The monoisotopic (exact) mass is 370 g/mol. The summed E-state index contributed by atoms with van der Waals surface area (Å²) in [4.78, 5) is 6.82. The van der Waals surface area contributed by atoms with Gasteiger partial charge in [0.1, 0.15) is 12.4 Å². The Hall–Kier alpha value is -2.81. The Bertz CT molecular complexity index is 985. The Kier molecular flexibility index (Phi) is 4.31. The van der Waals surface area contributed by atoms with Gasteiger partial charge >= 0.3 is 0 Å². The van der Waals surface area contributed by atoms with Crippen molar-refractivity contribution in [3.05, 3.63) is 78.1 Å². The van der Waals surface area contributed by atoms with Crippen LogP contribution in [0.1, 0.15) is 37.3 Å². The quantitative estimate of drug-likeness (QED) is 0.559. The molecule has 2 aliphatic heterocycles. The van der Waals surface area contributed by atoms with Crippen LogP contribution in [0.3, 0.4) is 0 Å². The van der Waals surface area contributed by atoms with Gasteiger partial charge in [-0.05, 0) is 35.7 Å². The van der Waals surface area contributed by atoms with E-state index in [1.165, 1.54) is 36.1 Å². The van der Waals surface area contributed by atoms with Crippen molar-refractivity contribution in [2.24, 2.45) is 0 Å². The molecule has 3 heteroatoms. The number of fused-ring (bicyclic) bond motifs is 4. The first-order valence-electron chi connectivity index (χ1n) is 10.3. The molecule has 0 saturated carbocycles. The first-order valence-corrected chi connectivity index (χ1v) is 10.3. The van der Waals surface area contributed by atoms with Crippen LogP contribution in [0.15, 0.2) is 67.0 Å². The van der Waals surface area contributed by atoms with Gasteiger partial charge in [-0.25, -0.2) is 0 Å². The second-order valence-electron chi connectivity index (χ2n) is 7.97. The zero-order chi connectivity index (χ0) is 19.0. The summed E-state index contributed by atoms with van der Waals surface area (Å²) in [5, 5.41) is 0. The van der Waals surface area contributed by atoms with E-state index in [9.17, 15) is 0 Å². The molecule has 0 saturated heterocycles. The third-order valence-electron chi connectivity index (χ3n) is 6.22. The molecule has 2 aromatic carbocycles. The lowest BCUT2D eigenvalue weighted by atomic mass is 9.77. The summed E-state index contributed by atoms with van der Waals surface area (Å²) in [5.74, 6) is 1.02. The van der Waals surface area contributed by atoms with Gasteiger partial charge in [0.05, 0.1) is 5.41 Å². The lowest BCUT2D eigenvalue weighted by molar-refractivity contribution is 0.299. The summed E-state index contributed by atoms with van der Waals surface area (Å²) in [6.07, 6.45) is 7.50. The van der Waals surface area contributed by atoms with Crippen LogP contribution in [0, 0.1) is 0 Å². The van der Waals surface area contributed by atoms with Crippen LogP contribution in [0.4, 0.5) is 5.69 Å². The number of nitrogens with zero attached hydrogens (tertiary/aromatic N) is 2. The van der Waals surface area contributed by atoms with E-state index in [0.29, 0.717) is 0 Å². The van der Waals surface area contributed by atoms with E-state index in [1.807, 2.05) is 18.5 Å². The number of unbranched alkanes of at least 4 members (excludes halogenated alkanes) is 2. The summed E-state index contributed by atoms with van der Waals surface area (Å²) >= 11 is 0. The Labute approximate surface area is 167 Å². The third kappa shape index (κ3) is 2.69. The average Bonchev–Trinajstić information content (AvgIpc) is 3.28. The molecule has 3 aromatic rings. The Morgan fingerprint density at radius 3 is 2.79 bits per heavy atom. The molecule has 0 amide bonds. The maximum Gasteiger partial charge on any atom is 0.124 e. The van der Waals surface area contributed by atoms with Gasteiger partial charge in [-0.1, -0.05) is 56.2 Å².